The van der Waals surface area contributed by atoms with E-state index in [0.717, 1.165) is 0 Å². The average Bonchev–Trinajstić information content (AvgIpc) is 2.22. The topological polar surface area (TPSA) is 67.8 Å². The Balaban J connectivity index is 3.20. The molecule has 1 rings (SSSR count). The molecular weight excluding hydrogens is 176 g/mol. The summed E-state index contributed by atoms with van der Waals surface area (Å²) in [5, 5.41) is 27.0. The minimum absolute atomic E-state index is 0.0809. The lowest BCUT2D eigenvalue weighted by Crippen LogP contribution is -1.94. The van der Waals surface area contributed by atoms with Crippen LogP contribution in [0.2, 0.25) is 0 Å². The quantitative estimate of drug-likeness (QED) is 0.770. The number of benzene rings is 1. The molecule has 0 aliphatic carbocycles. The summed E-state index contributed by atoms with van der Waals surface area (Å²) in [5.74, 6) is -0.263. The average molecular weight is 186 g/mol. The molecule has 0 amide bonds. The van der Waals surface area contributed by atoms with Crippen molar-refractivity contribution in [2.24, 2.45) is 0 Å². The molecule has 1 aromatic carbocycles. The van der Waals surface area contributed by atoms with Crippen LogP contribution in [0.15, 0.2) is 18.2 Å². The molecule has 1 aromatic rings. The Labute approximate surface area is 82.8 Å². The molecule has 0 radical (unpaired) electrons. The second-order valence-corrected chi connectivity index (χ2v) is 2.98. The fraction of sp³-hybridized carbons (Fsp3) is 0.273. The first kappa shape index (κ1) is 10.1. The highest BCUT2D eigenvalue weighted by atomic mass is 16.3. The van der Waals surface area contributed by atoms with Crippen LogP contribution in [-0.2, 0) is 0 Å². The van der Waals surface area contributed by atoms with Gasteiger partial charge in [-0.05, 0) is 24.6 Å². The second kappa shape index (κ2) is 4.30. The number of rotatable bonds is 2. The molecule has 3 nitrogen and oxygen atoms in total. The van der Waals surface area contributed by atoms with Crippen molar-refractivity contribution in [2.45, 2.75) is 19.3 Å². The number of phenols is 1. The van der Waals surface area contributed by atoms with Gasteiger partial charge in [0.25, 0.3) is 0 Å². The van der Waals surface area contributed by atoms with Crippen molar-refractivity contribution in [3.8, 4) is 17.9 Å². The molecule has 14 heavy (non-hydrogen) atoms. The summed E-state index contributed by atoms with van der Waals surface area (Å²) in [7, 11) is 0. The van der Waals surface area contributed by atoms with E-state index >= 15 is 0 Å². The Morgan fingerprint density at radius 2 is 2.14 bits per heavy atom. The largest absolute Gasteiger partial charge is 0.508 e. The highest BCUT2D eigenvalue weighted by Crippen LogP contribution is 2.28. The highest BCUT2D eigenvalue weighted by Gasteiger charge is 2.13. The van der Waals surface area contributed by atoms with Crippen molar-refractivity contribution >= 4 is 0 Å². The van der Waals surface area contributed by atoms with E-state index in [2.05, 4.69) is 6.07 Å². The minimum Gasteiger partial charge on any atom is -0.508 e. The van der Waals surface area contributed by atoms with Crippen LogP contribution in [0.3, 0.4) is 0 Å². The van der Waals surface area contributed by atoms with Crippen molar-refractivity contribution in [2.75, 3.05) is 0 Å². The van der Waals surface area contributed by atoms with E-state index in [0.29, 0.717) is 17.5 Å². The predicted octanol–water partition coefficient (Wildman–Crippen LogP) is 2.28. The lowest BCUT2D eigenvalue weighted by atomic mass is 9.95. The van der Waals surface area contributed by atoms with Gasteiger partial charge >= 0.3 is 0 Å². The molecule has 1 N–H and O–H groups in total. The van der Waals surface area contributed by atoms with Crippen LogP contribution in [0.1, 0.15) is 30.4 Å². The highest BCUT2D eigenvalue weighted by molar-refractivity contribution is 5.44. The lowest BCUT2D eigenvalue weighted by molar-refractivity contribution is 0.465. The number of phenolic OH excluding ortho intramolecular Hbond substituents is 1. The molecule has 0 aliphatic heterocycles. The number of hydrogen-bond acceptors (Lipinski definition) is 3. The summed E-state index contributed by atoms with van der Waals surface area (Å²) in [6, 6.07) is 8.61. The molecular formula is C11H10N2O. The van der Waals surface area contributed by atoms with E-state index in [-0.39, 0.29) is 11.7 Å². The maximum atomic E-state index is 9.50. The standard InChI is InChI=1S/C11H10N2O/c1-2-9(7-13)10-5-8(6-12)3-4-11(10)14/h3-5,9,14H,2H2,1H3. The van der Waals surface area contributed by atoms with Gasteiger partial charge in [0.2, 0.25) is 0 Å². The molecule has 0 bridgehead atoms. The second-order valence-electron chi connectivity index (χ2n) is 2.98. The predicted molar refractivity (Wildman–Crippen MR) is 51.5 cm³/mol. The Kier molecular flexibility index (Phi) is 3.09. The molecule has 0 spiro atoms. The van der Waals surface area contributed by atoms with Gasteiger partial charge in [-0.2, -0.15) is 10.5 Å². The van der Waals surface area contributed by atoms with Crippen LogP contribution in [0.4, 0.5) is 0 Å². The maximum Gasteiger partial charge on any atom is 0.120 e. The molecule has 70 valence electrons. The number of aromatic hydroxyl groups is 1. The van der Waals surface area contributed by atoms with Crippen molar-refractivity contribution in [3.05, 3.63) is 29.3 Å². The summed E-state index contributed by atoms with van der Waals surface area (Å²) in [6.45, 7) is 1.87. The molecule has 3 heteroatoms. The first-order valence-corrected chi connectivity index (χ1v) is 4.35. The summed E-state index contributed by atoms with van der Waals surface area (Å²) >= 11 is 0. The molecule has 0 saturated heterocycles. The van der Waals surface area contributed by atoms with E-state index < -0.39 is 0 Å². The van der Waals surface area contributed by atoms with Gasteiger partial charge in [-0.3, -0.25) is 0 Å². The first-order chi connectivity index (χ1) is 6.72. The van der Waals surface area contributed by atoms with Gasteiger partial charge in [-0.15, -0.1) is 0 Å². The summed E-state index contributed by atoms with van der Waals surface area (Å²) < 4.78 is 0. The van der Waals surface area contributed by atoms with E-state index in [9.17, 15) is 5.11 Å². The van der Waals surface area contributed by atoms with Gasteiger partial charge in [-0.25, -0.2) is 0 Å². The molecule has 0 heterocycles. The maximum absolute atomic E-state index is 9.50. The van der Waals surface area contributed by atoms with E-state index in [1.54, 1.807) is 6.07 Å². The Morgan fingerprint density at radius 3 is 2.64 bits per heavy atom. The van der Waals surface area contributed by atoms with Crippen LogP contribution in [-0.4, -0.2) is 5.11 Å². The zero-order chi connectivity index (χ0) is 10.6. The third-order valence-corrected chi connectivity index (χ3v) is 2.10. The van der Waals surface area contributed by atoms with Crippen LogP contribution in [0.25, 0.3) is 0 Å². The van der Waals surface area contributed by atoms with Crippen LogP contribution < -0.4 is 0 Å². The summed E-state index contributed by atoms with van der Waals surface area (Å²) in [4.78, 5) is 0. The number of hydrogen-bond donors (Lipinski definition) is 1. The lowest BCUT2D eigenvalue weighted by Gasteiger charge is -2.08. The number of nitriles is 2. The van der Waals surface area contributed by atoms with Crippen LogP contribution in [0.5, 0.6) is 5.75 Å². The Bertz CT molecular complexity index is 412. The molecule has 0 fully saturated rings. The van der Waals surface area contributed by atoms with Gasteiger partial charge in [-0.1, -0.05) is 6.92 Å². The smallest absolute Gasteiger partial charge is 0.120 e. The Morgan fingerprint density at radius 1 is 1.43 bits per heavy atom. The van der Waals surface area contributed by atoms with Crippen molar-refractivity contribution in [1.29, 1.82) is 10.5 Å². The van der Waals surface area contributed by atoms with Crippen molar-refractivity contribution in [1.82, 2.24) is 0 Å². The van der Waals surface area contributed by atoms with Crippen LogP contribution >= 0.6 is 0 Å². The van der Waals surface area contributed by atoms with Crippen molar-refractivity contribution in [3.63, 3.8) is 0 Å². The molecule has 0 saturated carbocycles. The van der Waals surface area contributed by atoms with Crippen LogP contribution in [0, 0.1) is 22.7 Å². The number of nitrogens with zero attached hydrogens (tertiary/aromatic N) is 2. The van der Waals surface area contributed by atoms with Gasteiger partial charge in [0.15, 0.2) is 0 Å². The zero-order valence-corrected chi connectivity index (χ0v) is 7.86. The van der Waals surface area contributed by atoms with E-state index in [4.69, 9.17) is 10.5 Å². The summed E-state index contributed by atoms with van der Waals surface area (Å²) in [6.07, 6.45) is 0.624. The Hall–Kier alpha value is -2.00. The minimum atomic E-state index is -0.344. The molecule has 0 aliphatic rings. The first-order valence-electron chi connectivity index (χ1n) is 4.35. The fourth-order valence-electron chi connectivity index (χ4n) is 1.28. The summed E-state index contributed by atoms with van der Waals surface area (Å²) in [5.41, 5.74) is 1.00. The zero-order valence-electron chi connectivity index (χ0n) is 7.86. The van der Waals surface area contributed by atoms with Gasteiger partial charge in [0.05, 0.1) is 23.6 Å². The normalized spacial score (nSPS) is 11.4. The third-order valence-electron chi connectivity index (χ3n) is 2.10. The van der Waals surface area contributed by atoms with Gasteiger partial charge in [0, 0.05) is 5.56 Å². The molecule has 1 atom stereocenters. The molecule has 0 aromatic heterocycles. The third kappa shape index (κ3) is 1.84. The SMILES string of the molecule is CCC(C#N)c1cc(C#N)ccc1O. The van der Waals surface area contributed by atoms with E-state index in [1.807, 2.05) is 13.0 Å². The molecule has 1 unspecified atom stereocenters. The van der Waals surface area contributed by atoms with Crippen molar-refractivity contribution < 1.29 is 5.11 Å². The van der Waals surface area contributed by atoms with E-state index in [1.165, 1.54) is 12.1 Å². The fourth-order valence-corrected chi connectivity index (χ4v) is 1.28. The van der Waals surface area contributed by atoms with Gasteiger partial charge < -0.3 is 5.11 Å². The monoisotopic (exact) mass is 186 g/mol. The van der Waals surface area contributed by atoms with Gasteiger partial charge in [0.1, 0.15) is 5.75 Å².